The highest BCUT2D eigenvalue weighted by atomic mass is 16.5. The van der Waals surface area contributed by atoms with Crippen LogP contribution in [0.5, 0.6) is 0 Å². The van der Waals surface area contributed by atoms with Gasteiger partial charge in [0.1, 0.15) is 11.9 Å². The van der Waals surface area contributed by atoms with E-state index in [0.717, 1.165) is 49.5 Å². The second-order valence-corrected chi connectivity index (χ2v) is 9.91. The summed E-state index contributed by atoms with van der Waals surface area (Å²) < 4.78 is 5.43. The van der Waals surface area contributed by atoms with Gasteiger partial charge in [-0.1, -0.05) is 32.0 Å². The van der Waals surface area contributed by atoms with Crippen LogP contribution in [0.4, 0.5) is 11.4 Å². The number of hydrogen-bond acceptors (Lipinski definition) is 6. The first-order chi connectivity index (χ1) is 16.9. The summed E-state index contributed by atoms with van der Waals surface area (Å²) in [4.78, 5) is 24.0. The summed E-state index contributed by atoms with van der Waals surface area (Å²) in [5.41, 5.74) is 4.91. The second-order valence-electron chi connectivity index (χ2n) is 9.91. The molecule has 2 aliphatic rings. The van der Waals surface area contributed by atoms with Gasteiger partial charge in [0.2, 0.25) is 5.91 Å². The molecule has 2 fully saturated rings. The molecule has 7 nitrogen and oxygen atoms in total. The molecule has 1 saturated carbocycles. The Morgan fingerprint density at radius 3 is 2.60 bits per heavy atom. The van der Waals surface area contributed by atoms with E-state index >= 15 is 0 Å². The van der Waals surface area contributed by atoms with Gasteiger partial charge in [-0.2, -0.15) is 5.26 Å². The summed E-state index contributed by atoms with van der Waals surface area (Å²) in [6.45, 7) is 7.52. The number of ether oxygens (including phenoxy) is 1. The first-order valence-electron chi connectivity index (χ1n) is 12.0. The van der Waals surface area contributed by atoms with E-state index in [1.54, 1.807) is 18.3 Å². The SMILES string of the molecule is CC1(C)CC1C(=O)Nc1ccc(-c2ccnc(Cc3ccc(N4CCOCC4)cc3)n2)cc1C#N. The molecule has 1 aliphatic heterocycles. The Hall–Kier alpha value is -3.76. The maximum absolute atomic E-state index is 12.5. The molecule has 2 heterocycles. The van der Waals surface area contributed by atoms with Crippen molar-refractivity contribution in [2.24, 2.45) is 11.3 Å². The average Bonchev–Trinajstić information content (AvgIpc) is 3.53. The fourth-order valence-corrected chi connectivity index (χ4v) is 4.51. The van der Waals surface area contributed by atoms with E-state index in [-0.39, 0.29) is 17.2 Å². The number of benzene rings is 2. The Labute approximate surface area is 205 Å². The van der Waals surface area contributed by atoms with Crippen LogP contribution in [0.15, 0.2) is 54.7 Å². The van der Waals surface area contributed by atoms with Gasteiger partial charge in [0.25, 0.3) is 0 Å². The second kappa shape index (κ2) is 9.47. The van der Waals surface area contributed by atoms with Gasteiger partial charge >= 0.3 is 0 Å². The molecule has 1 amide bonds. The Bertz CT molecular complexity index is 1270. The predicted octanol–water partition coefficient (Wildman–Crippen LogP) is 4.43. The van der Waals surface area contributed by atoms with Crippen molar-refractivity contribution < 1.29 is 9.53 Å². The fraction of sp³-hybridized carbons (Fsp3) is 0.357. The molecule has 0 radical (unpaired) electrons. The van der Waals surface area contributed by atoms with Gasteiger partial charge in [-0.3, -0.25) is 4.79 Å². The summed E-state index contributed by atoms with van der Waals surface area (Å²) in [6.07, 6.45) is 3.24. The zero-order chi connectivity index (χ0) is 24.4. The van der Waals surface area contributed by atoms with Gasteiger partial charge in [0.15, 0.2) is 0 Å². The Morgan fingerprint density at radius 2 is 1.91 bits per heavy atom. The van der Waals surface area contributed by atoms with Crippen LogP contribution in [0.1, 0.15) is 37.2 Å². The minimum atomic E-state index is -0.0248. The van der Waals surface area contributed by atoms with E-state index in [1.807, 2.05) is 12.1 Å². The third kappa shape index (κ3) is 5.18. The minimum Gasteiger partial charge on any atom is -0.378 e. The molecule has 178 valence electrons. The molecule has 5 rings (SSSR count). The molecule has 3 aromatic rings. The number of morpholine rings is 1. The molecule has 1 aliphatic carbocycles. The molecule has 1 saturated heterocycles. The largest absolute Gasteiger partial charge is 0.378 e. The number of aromatic nitrogens is 2. The highest BCUT2D eigenvalue weighted by Crippen LogP contribution is 2.52. The van der Waals surface area contributed by atoms with Crippen LogP contribution < -0.4 is 10.2 Å². The van der Waals surface area contributed by atoms with Gasteiger partial charge in [0.05, 0.1) is 30.2 Å². The summed E-state index contributed by atoms with van der Waals surface area (Å²) >= 11 is 0. The van der Waals surface area contributed by atoms with Crippen LogP contribution in [-0.4, -0.2) is 42.2 Å². The molecule has 1 aromatic heterocycles. The predicted molar refractivity (Wildman–Crippen MR) is 135 cm³/mol. The maximum atomic E-state index is 12.5. The summed E-state index contributed by atoms with van der Waals surface area (Å²) in [5, 5.41) is 12.6. The van der Waals surface area contributed by atoms with Crippen LogP contribution in [0.3, 0.4) is 0 Å². The Kier molecular flexibility index (Phi) is 6.23. The third-order valence-electron chi connectivity index (χ3n) is 6.90. The number of rotatable bonds is 6. The van der Waals surface area contributed by atoms with Crippen LogP contribution in [-0.2, 0) is 16.0 Å². The van der Waals surface area contributed by atoms with Crippen molar-refractivity contribution >= 4 is 17.3 Å². The number of anilines is 2. The van der Waals surface area contributed by atoms with Crippen LogP contribution in [0.2, 0.25) is 0 Å². The number of nitrogens with zero attached hydrogens (tertiary/aromatic N) is 4. The van der Waals surface area contributed by atoms with Gasteiger partial charge in [-0.25, -0.2) is 9.97 Å². The zero-order valence-corrected chi connectivity index (χ0v) is 20.1. The van der Waals surface area contributed by atoms with Crippen LogP contribution in [0.25, 0.3) is 11.3 Å². The first-order valence-corrected chi connectivity index (χ1v) is 12.0. The summed E-state index contributed by atoms with van der Waals surface area (Å²) in [7, 11) is 0. The molecule has 0 bridgehead atoms. The van der Waals surface area contributed by atoms with E-state index in [1.165, 1.54) is 5.69 Å². The van der Waals surface area contributed by atoms with Crippen LogP contribution in [0, 0.1) is 22.7 Å². The number of nitrogens with one attached hydrogen (secondary N) is 1. The first kappa shape index (κ1) is 23.0. The lowest BCUT2D eigenvalue weighted by Gasteiger charge is -2.28. The third-order valence-corrected chi connectivity index (χ3v) is 6.90. The van der Waals surface area contributed by atoms with Crippen molar-refractivity contribution in [3.8, 4) is 17.3 Å². The van der Waals surface area contributed by atoms with E-state index in [9.17, 15) is 10.1 Å². The molecule has 1 unspecified atom stereocenters. The molecular formula is C28H29N5O2. The van der Waals surface area contributed by atoms with Gasteiger partial charge in [-0.15, -0.1) is 0 Å². The van der Waals surface area contributed by atoms with Crippen molar-refractivity contribution in [2.45, 2.75) is 26.7 Å². The number of amides is 1. The van der Waals surface area contributed by atoms with E-state index in [2.05, 4.69) is 59.4 Å². The lowest BCUT2D eigenvalue weighted by molar-refractivity contribution is -0.118. The maximum Gasteiger partial charge on any atom is 0.228 e. The van der Waals surface area contributed by atoms with E-state index in [0.29, 0.717) is 23.5 Å². The minimum absolute atomic E-state index is 0.000997. The highest BCUT2D eigenvalue weighted by Gasteiger charge is 2.50. The van der Waals surface area contributed by atoms with Crippen molar-refractivity contribution in [3.05, 3.63) is 71.7 Å². The summed E-state index contributed by atoms with van der Waals surface area (Å²) in [5.74, 6) is 0.692. The number of hydrogen-bond donors (Lipinski definition) is 1. The van der Waals surface area contributed by atoms with Gasteiger partial charge in [-0.05, 0) is 47.7 Å². The molecular weight excluding hydrogens is 438 g/mol. The Balaban J connectivity index is 1.29. The molecule has 0 spiro atoms. The zero-order valence-electron chi connectivity index (χ0n) is 20.1. The normalized spacial score (nSPS) is 18.5. The van der Waals surface area contributed by atoms with Gasteiger partial charge < -0.3 is 15.0 Å². The molecule has 35 heavy (non-hydrogen) atoms. The van der Waals surface area contributed by atoms with Crippen molar-refractivity contribution in [2.75, 3.05) is 36.5 Å². The number of carbonyl (C=O) groups excluding carboxylic acids is 1. The van der Waals surface area contributed by atoms with Crippen molar-refractivity contribution in [3.63, 3.8) is 0 Å². The molecule has 1 atom stereocenters. The smallest absolute Gasteiger partial charge is 0.228 e. The van der Waals surface area contributed by atoms with Gasteiger partial charge in [0, 0.05) is 42.9 Å². The van der Waals surface area contributed by atoms with Crippen molar-refractivity contribution in [1.29, 1.82) is 5.26 Å². The van der Waals surface area contributed by atoms with E-state index < -0.39 is 0 Å². The lowest BCUT2D eigenvalue weighted by Crippen LogP contribution is -2.36. The lowest BCUT2D eigenvalue weighted by atomic mass is 10.1. The quantitative estimate of drug-likeness (QED) is 0.577. The summed E-state index contributed by atoms with van der Waals surface area (Å²) in [6, 6.07) is 18.0. The highest BCUT2D eigenvalue weighted by molar-refractivity contribution is 5.96. The molecule has 1 N–H and O–H groups in total. The average molecular weight is 468 g/mol. The molecule has 7 heteroatoms. The van der Waals surface area contributed by atoms with Crippen molar-refractivity contribution in [1.82, 2.24) is 9.97 Å². The standard InChI is InChI=1S/C28H29N5O2/c1-28(2)17-23(28)27(34)32-24-8-5-20(16-21(24)18-29)25-9-10-30-26(31-25)15-19-3-6-22(7-4-19)33-11-13-35-14-12-33/h3-10,16,23H,11-15,17H2,1-2H3,(H,32,34). The number of carbonyl (C=O) groups is 1. The Morgan fingerprint density at radius 1 is 1.17 bits per heavy atom. The number of nitriles is 1. The monoisotopic (exact) mass is 467 g/mol. The van der Waals surface area contributed by atoms with Crippen LogP contribution >= 0.6 is 0 Å². The fourth-order valence-electron chi connectivity index (χ4n) is 4.51. The van der Waals surface area contributed by atoms with E-state index in [4.69, 9.17) is 9.72 Å². The molecule has 2 aromatic carbocycles. The topological polar surface area (TPSA) is 91.1 Å².